The van der Waals surface area contributed by atoms with E-state index in [1.807, 2.05) is 6.92 Å². The number of carbonyl (C=O) groups excluding carboxylic acids is 1. The average molecular weight is 225 g/mol. The molecule has 1 aliphatic rings. The number of rotatable bonds is 2. The van der Waals surface area contributed by atoms with Gasteiger partial charge in [-0.2, -0.15) is 0 Å². The highest BCUT2D eigenvalue weighted by Gasteiger charge is 2.16. The number of aromatic nitrogens is 1. The summed E-state index contributed by atoms with van der Waals surface area (Å²) in [6, 6.07) is 1.73. The lowest BCUT2D eigenvalue weighted by Crippen LogP contribution is -2.45. The van der Waals surface area contributed by atoms with Gasteiger partial charge in [0.25, 0.3) is 0 Å². The van der Waals surface area contributed by atoms with E-state index in [1.54, 1.807) is 11.0 Å². The van der Waals surface area contributed by atoms with Crippen molar-refractivity contribution in [3.63, 3.8) is 0 Å². The Kier molecular flexibility index (Phi) is 3.40. The van der Waals surface area contributed by atoms with E-state index in [-0.39, 0.29) is 6.03 Å². The molecule has 1 fully saturated rings. The van der Waals surface area contributed by atoms with Crippen molar-refractivity contribution in [1.29, 1.82) is 0 Å². The Morgan fingerprint density at radius 2 is 2.31 bits per heavy atom. The predicted octanol–water partition coefficient (Wildman–Crippen LogP) is 0.525. The number of aryl methyl sites for hydroxylation is 1. The number of morpholine rings is 1. The zero-order chi connectivity index (χ0) is 11.4. The Balaban J connectivity index is 1.78. The van der Waals surface area contributed by atoms with E-state index in [1.165, 1.54) is 0 Å². The Hall–Kier alpha value is -1.56. The van der Waals surface area contributed by atoms with Crippen LogP contribution in [0.4, 0.5) is 4.79 Å². The molecule has 1 aliphatic heterocycles. The first-order chi connectivity index (χ1) is 7.75. The van der Waals surface area contributed by atoms with Crippen molar-refractivity contribution in [3.8, 4) is 0 Å². The highest BCUT2D eigenvalue weighted by Crippen LogP contribution is 2.02. The van der Waals surface area contributed by atoms with Crippen LogP contribution in [0.15, 0.2) is 10.6 Å². The third-order valence-corrected chi connectivity index (χ3v) is 2.40. The minimum absolute atomic E-state index is 0.0797. The average Bonchev–Trinajstić information content (AvgIpc) is 2.73. The minimum Gasteiger partial charge on any atom is -0.378 e. The number of ether oxygens (including phenoxy) is 1. The van der Waals surface area contributed by atoms with Crippen LogP contribution in [0, 0.1) is 6.92 Å². The number of hydrogen-bond donors (Lipinski definition) is 1. The van der Waals surface area contributed by atoms with Crippen LogP contribution in [0.2, 0.25) is 0 Å². The van der Waals surface area contributed by atoms with Crippen molar-refractivity contribution in [2.45, 2.75) is 13.5 Å². The van der Waals surface area contributed by atoms with Gasteiger partial charge < -0.3 is 19.5 Å². The number of nitrogens with one attached hydrogen (secondary N) is 1. The van der Waals surface area contributed by atoms with E-state index in [4.69, 9.17) is 9.26 Å². The summed E-state index contributed by atoms with van der Waals surface area (Å²) in [5, 5.41) is 6.59. The second-order valence-corrected chi connectivity index (χ2v) is 3.69. The molecule has 1 aromatic heterocycles. The SMILES string of the molecule is Cc1cc(CNC(=O)N2CCOCC2)no1. The maximum atomic E-state index is 11.7. The maximum absolute atomic E-state index is 11.7. The number of nitrogens with zero attached hydrogens (tertiary/aromatic N) is 2. The fourth-order valence-corrected chi connectivity index (χ4v) is 1.55. The van der Waals surface area contributed by atoms with Gasteiger partial charge in [0.1, 0.15) is 11.5 Å². The summed E-state index contributed by atoms with van der Waals surface area (Å²) in [4.78, 5) is 13.4. The monoisotopic (exact) mass is 225 g/mol. The first kappa shape index (κ1) is 10.9. The van der Waals surface area contributed by atoms with Crippen LogP contribution in [0.25, 0.3) is 0 Å². The summed E-state index contributed by atoms with van der Waals surface area (Å²) in [5.41, 5.74) is 0.735. The van der Waals surface area contributed by atoms with Gasteiger partial charge in [-0.15, -0.1) is 0 Å². The summed E-state index contributed by atoms with van der Waals surface area (Å²) in [6.45, 7) is 4.72. The topological polar surface area (TPSA) is 67.6 Å². The van der Waals surface area contributed by atoms with E-state index in [9.17, 15) is 4.79 Å². The van der Waals surface area contributed by atoms with Gasteiger partial charge in [0.05, 0.1) is 19.8 Å². The number of amides is 2. The van der Waals surface area contributed by atoms with E-state index >= 15 is 0 Å². The molecule has 0 bridgehead atoms. The van der Waals surface area contributed by atoms with Crippen LogP contribution < -0.4 is 5.32 Å². The summed E-state index contributed by atoms with van der Waals surface area (Å²) in [6.07, 6.45) is 0. The molecule has 16 heavy (non-hydrogen) atoms. The summed E-state index contributed by atoms with van der Waals surface area (Å²) < 4.78 is 10.1. The van der Waals surface area contributed by atoms with Crippen LogP contribution in [0.5, 0.6) is 0 Å². The molecule has 2 amide bonds. The Bertz CT molecular complexity index is 358. The lowest BCUT2D eigenvalue weighted by atomic mass is 10.4. The van der Waals surface area contributed by atoms with Crippen molar-refractivity contribution in [3.05, 3.63) is 17.5 Å². The Labute approximate surface area is 93.5 Å². The van der Waals surface area contributed by atoms with Crippen LogP contribution in [0.1, 0.15) is 11.5 Å². The fourth-order valence-electron chi connectivity index (χ4n) is 1.55. The third kappa shape index (κ3) is 2.73. The first-order valence-corrected chi connectivity index (χ1v) is 5.28. The van der Waals surface area contributed by atoms with Crippen LogP contribution >= 0.6 is 0 Å². The van der Waals surface area contributed by atoms with Gasteiger partial charge in [0, 0.05) is 19.2 Å². The Morgan fingerprint density at radius 3 is 2.94 bits per heavy atom. The lowest BCUT2D eigenvalue weighted by molar-refractivity contribution is 0.0531. The van der Waals surface area contributed by atoms with Gasteiger partial charge in [0.2, 0.25) is 0 Å². The number of carbonyl (C=O) groups is 1. The third-order valence-electron chi connectivity index (χ3n) is 2.40. The van der Waals surface area contributed by atoms with Gasteiger partial charge >= 0.3 is 6.03 Å². The molecular weight excluding hydrogens is 210 g/mol. The van der Waals surface area contributed by atoms with E-state index in [2.05, 4.69) is 10.5 Å². The van der Waals surface area contributed by atoms with E-state index < -0.39 is 0 Å². The molecular formula is C10H15N3O3. The van der Waals surface area contributed by atoms with E-state index in [0.717, 1.165) is 11.5 Å². The second kappa shape index (κ2) is 4.98. The minimum atomic E-state index is -0.0797. The first-order valence-electron chi connectivity index (χ1n) is 5.28. The molecule has 0 radical (unpaired) electrons. The van der Waals surface area contributed by atoms with Crippen LogP contribution in [-0.2, 0) is 11.3 Å². The summed E-state index contributed by atoms with van der Waals surface area (Å²) >= 11 is 0. The summed E-state index contributed by atoms with van der Waals surface area (Å²) in [7, 11) is 0. The second-order valence-electron chi connectivity index (χ2n) is 3.69. The lowest BCUT2D eigenvalue weighted by Gasteiger charge is -2.26. The molecule has 2 heterocycles. The van der Waals surface area contributed by atoms with Crippen LogP contribution in [-0.4, -0.2) is 42.4 Å². The quantitative estimate of drug-likeness (QED) is 0.797. The van der Waals surface area contributed by atoms with Gasteiger partial charge in [-0.1, -0.05) is 5.16 Å². The molecule has 6 heteroatoms. The highest BCUT2D eigenvalue weighted by atomic mass is 16.5. The van der Waals surface area contributed by atoms with Gasteiger partial charge in [-0.05, 0) is 6.92 Å². The predicted molar refractivity (Wildman–Crippen MR) is 55.9 cm³/mol. The zero-order valence-electron chi connectivity index (χ0n) is 9.23. The standard InChI is InChI=1S/C10H15N3O3/c1-8-6-9(12-16-8)7-11-10(14)13-2-4-15-5-3-13/h6H,2-5,7H2,1H3,(H,11,14). The van der Waals surface area contributed by atoms with E-state index in [0.29, 0.717) is 32.8 Å². The molecule has 1 N–H and O–H groups in total. The Morgan fingerprint density at radius 1 is 1.56 bits per heavy atom. The van der Waals surface area contributed by atoms with Gasteiger partial charge in [0.15, 0.2) is 0 Å². The molecule has 0 aliphatic carbocycles. The van der Waals surface area contributed by atoms with Crippen LogP contribution in [0.3, 0.4) is 0 Å². The molecule has 0 spiro atoms. The molecule has 1 aromatic rings. The maximum Gasteiger partial charge on any atom is 0.317 e. The number of urea groups is 1. The molecule has 0 saturated carbocycles. The van der Waals surface area contributed by atoms with Crippen molar-refractivity contribution in [1.82, 2.24) is 15.4 Å². The smallest absolute Gasteiger partial charge is 0.317 e. The van der Waals surface area contributed by atoms with Crippen molar-refractivity contribution in [2.75, 3.05) is 26.3 Å². The molecule has 88 valence electrons. The molecule has 1 saturated heterocycles. The van der Waals surface area contributed by atoms with Crippen molar-refractivity contribution < 1.29 is 14.1 Å². The van der Waals surface area contributed by atoms with Crippen molar-refractivity contribution >= 4 is 6.03 Å². The molecule has 0 unspecified atom stereocenters. The molecule has 2 rings (SSSR count). The van der Waals surface area contributed by atoms with Gasteiger partial charge in [-0.25, -0.2) is 4.79 Å². The highest BCUT2D eigenvalue weighted by molar-refractivity contribution is 5.74. The molecule has 0 atom stereocenters. The number of hydrogen-bond acceptors (Lipinski definition) is 4. The summed E-state index contributed by atoms with van der Waals surface area (Å²) in [5.74, 6) is 0.746. The molecule has 6 nitrogen and oxygen atoms in total. The fraction of sp³-hybridized carbons (Fsp3) is 0.600. The zero-order valence-corrected chi connectivity index (χ0v) is 9.23. The normalized spacial score (nSPS) is 16.2. The van der Waals surface area contributed by atoms with Crippen molar-refractivity contribution in [2.24, 2.45) is 0 Å². The van der Waals surface area contributed by atoms with Gasteiger partial charge in [-0.3, -0.25) is 0 Å². The molecule has 0 aromatic carbocycles. The largest absolute Gasteiger partial charge is 0.378 e.